The van der Waals surface area contributed by atoms with Gasteiger partial charge in [-0.15, -0.1) is 6.58 Å². The van der Waals surface area contributed by atoms with Crippen molar-refractivity contribution in [1.82, 2.24) is 10.2 Å². The summed E-state index contributed by atoms with van der Waals surface area (Å²) in [5.41, 5.74) is 0.382. The van der Waals surface area contributed by atoms with E-state index in [0.717, 1.165) is 0 Å². The van der Waals surface area contributed by atoms with Gasteiger partial charge < -0.3 is 9.84 Å². The molecule has 1 aliphatic heterocycles. The van der Waals surface area contributed by atoms with E-state index in [1.807, 2.05) is 0 Å². The van der Waals surface area contributed by atoms with Crippen molar-refractivity contribution in [3.63, 3.8) is 0 Å². The molecular weight excluding hydrogens is 464 g/mol. The van der Waals surface area contributed by atoms with Gasteiger partial charge in [-0.1, -0.05) is 6.08 Å². The van der Waals surface area contributed by atoms with E-state index in [9.17, 15) is 14.7 Å². The summed E-state index contributed by atoms with van der Waals surface area (Å²) in [6.45, 7) is 3.75. The van der Waals surface area contributed by atoms with Crippen LogP contribution in [0.25, 0.3) is 6.08 Å². The first kappa shape index (κ1) is 18.6. The van der Waals surface area contributed by atoms with Gasteiger partial charge in [0.25, 0.3) is 11.8 Å². The van der Waals surface area contributed by atoms with Crippen LogP contribution in [-0.4, -0.2) is 40.6 Å². The van der Waals surface area contributed by atoms with Crippen molar-refractivity contribution in [3.8, 4) is 11.5 Å². The molecule has 24 heavy (non-hydrogen) atoms. The van der Waals surface area contributed by atoms with Crippen LogP contribution in [0.2, 0.25) is 0 Å². The van der Waals surface area contributed by atoms with Crippen molar-refractivity contribution in [2.24, 2.45) is 0 Å². The van der Waals surface area contributed by atoms with Gasteiger partial charge in [0.05, 0.1) is 11.6 Å². The zero-order valence-corrected chi connectivity index (χ0v) is 16.4. The van der Waals surface area contributed by atoms with Crippen molar-refractivity contribution in [3.05, 3.63) is 38.8 Å². The predicted octanol–water partition coefficient (Wildman–Crippen LogP) is 2.74. The number of phenols is 1. The maximum Gasteiger partial charge on any atom is 0.265 e. The number of phenolic OH excluding ortho intramolecular Hbond substituents is 1. The lowest BCUT2D eigenvalue weighted by molar-refractivity contribution is -0.128. The summed E-state index contributed by atoms with van der Waals surface area (Å²) >= 11 is 11.5. The van der Waals surface area contributed by atoms with Crippen LogP contribution in [-0.2, 0) is 9.59 Å². The fraction of sp³-hybridized carbons (Fsp3) is 0.133. The normalized spacial score (nSPS) is 16.4. The molecule has 0 saturated carbocycles. The summed E-state index contributed by atoms with van der Waals surface area (Å²) < 4.78 is 5.89. The summed E-state index contributed by atoms with van der Waals surface area (Å²) in [6, 6.07) is 1.50. The quantitative estimate of drug-likeness (QED) is 0.303. The minimum absolute atomic E-state index is 0.0329. The van der Waals surface area contributed by atoms with Gasteiger partial charge in [-0.2, -0.15) is 0 Å². The number of rotatable bonds is 4. The Morgan fingerprint density at radius 3 is 2.67 bits per heavy atom. The van der Waals surface area contributed by atoms with Crippen molar-refractivity contribution < 1.29 is 19.4 Å². The molecular formula is C15H12Br2N2O4S. The van der Waals surface area contributed by atoms with Gasteiger partial charge in [-0.25, -0.2) is 0 Å². The van der Waals surface area contributed by atoms with Gasteiger partial charge in [0.15, 0.2) is 16.6 Å². The van der Waals surface area contributed by atoms with E-state index in [4.69, 9.17) is 17.0 Å². The Morgan fingerprint density at radius 2 is 2.08 bits per heavy atom. The van der Waals surface area contributed by atoms with Crippen molar-refractivity contribution >= 4 is 67.1 Å². The molecule has 2 rings (SSSR count). The monoisotopic (exact) mass is 474 g/mol. The highest BCUT2D eigenvalue weighted by Gasteiger charge is 2.33. The highest BCUT2D eigenvalue weighted by atomic mass is 79.9. The smallest absolute Gasteiger partial charge is 0.265 e. The molecule has 9 heteroatoms. The number of benzene rings is 1. The third-order valence-electron chi connectivity index (χ3n) is 3.19. The van der Waals surface area contributed by atoms with E-state index in [1.54, 1.807) is 0 Å². The molecule has 0 spiro atoms. The molecule has 1 aromatic carbocycles. The Kier molecular flexibility index (Phi) is 5.79. The first-order chi connectivity index (χ1) is 11.3. The van der Waals surface area contributed by atoms with Crippen LogP contribution in [0.3, 0.4) is 0 Å². The Balaban J connectivity index is 2.55. The van der Waals surface area contributed by atoms with Gasteiger partial charge >= 0.3 is 0 Å². The number of aromatic hydroxyl groups is 1. The Bertz CT molecular complexity index is 792. The molecule has 0 atom stereocenters. The number of hydrogen-bond acceptors (Lipinski definition) is 5. The number of nitrogens with zero attached hydrogens (tertiary/aromatic N) is 1. The minimum atomic E-state index is -0.597. The van der Waals surface area contributed by atoms with E-state index in [2.05, 4.69) is 43.8 Å². The maximum atomic E-state index is 12.5. The van der Waals surface area contributed by atoms with Crippen LogP contribution in [0.4, 0.5) is 0 Å². The second-order valence-electron chi connectivity index (χ2n) is 4.67. The van der Waals surface area contributed by atoms with Gasteiger partial charge in [0.1, 0.15) is 5.57 Å². The van der Waals surface area contributed by atoms with Crippen molar-refractivity contribution in [1.29, 1.82) is 0 Å². The summed E-state index contributed by atoms with van der Waals surface area (Å²) in [6.07, 6.45) is 2.90. The maximum absolute atomic E-state index is 12.5. The summed E-state index contributed by atoms with van der Waals surface area (Å²) in [5, 5.41) is 12.5. The van der Waals surface area contributed by atoms with E-state index >= 15 is 0 Å². The lowest BCUT2D eigenvalue weighted by Crippen LogP contribution is -2.53. The average Bonchev–Trinajstić information content (AvgIpc) is 2.55. The lowest BCUT2D eigenvalue weighted by atomic mass is 10.1. The number of carbonyl (C=O) groups is 2. The Hall–Kier alpha value is -1.71. The number of halogens is 2. The molecule has 6 nitrogen and oxygen atoms in total. The van der Waals surface area contributed by atoms with Crippen molar-refractivity contribution in [2.75, 3.05) is 13.7 Å². The largest absolute Gasteiger partial charge is 0.503 e. The molecule has 1 aliphatic rings. The van der Waals surface area contributed by atoms with Gasteiger partial charge in [-0.3, -0.25) is 19.8 Å². The number of methoxy groups -OCH3 is 1. The molecule has 126 valence electrons. The molecule has 1 aromatic rings. The molecule has 0 aliphatic carbocycles. The van der Waals surface area contributed by atoms with Crippen LogP contribution in [0, 0.1) is 0 Å². The van der Waals surface area contributed by atoms with Crippen LogP contribution in [0.5, 0.6) is 11.5 Å². The number of nitrogens with one attached hydrogen (secondary N) is 1. The third-order valence-corrected chi connectivity index (χ3v) is 5.67. The average molecular weight is 476 g/mol. The highest BCUT2D eigenvalue weighted by Crippen LogP contribution is 2.42. The molecule has 1 fully saturated rings. The summed E-state index contributed by atoms with van der Waals surface area (Å²) in [5.74, 6) is -1.03. The molecule has 0 radical (unpaired) electrons. The van der Waals surface area contributed by atoms with Gasteiger partial charge in [0, 0.05) is 11.0 Å². The second-order valence-corrected chi connectivity index (χ2v) is 6.64. The highest BCUT2D eigenvalue weighted by molar-refractivity contribution is 9.13. The predicted molar refractivity (Wildman–Crippen MR) is 101 cm³/mol. The van der Waals surface area contributed by atoms with Crippen LogP contribution < -0.4 is 10.1 Å². The molecule has 1 saturated heterocycles. The number of carbonyl (C=O) groups excluding carboxylic acids is 2. The zero-order chi connectivity index (χ0) is 18.0. The molecule has 2 N–H and O–H groups in total. The molecule has 2 amide bonds. The standard InChI is InChI=1S/C15H12Br2N2O4S/c1-3-4-19-14(22)8(13(21)18-15(19)24)5-7-6-9(23-2)12(20)11(17)10(7)16/h3,5-6,20H,1,4H2,2H3,(H,18,21,24)/b8-5-. The topological polar surface area (TPSA) is 78.9 Å². The summed E-state index contributed by atoms with van der Waals surface area (Å²) in [4.78, 5) is 25.9. The van der Waals surface area contributed by atoms with Crippen LogP contribution in [0.15, 0.2) is 33.2 Å². The molecule has 0 bridgehead atoms. The van der Waals surface area contributed by atoms with E-state index in [0.29, 0.717) is 14.5 Å². The van der Waals surface area contributed by atoms with Gasteiger partial charge in [0.2, 0.25) is 0 Å². The number of ether oxygens (including phenoxy) is 1. The van der Waals surface area contributed by atoms with Crippen LogP contribution >= 0.6 is 44.1 Å². The number of thiocarbonyl (C=S) groups is 1. The fourth-order valence-corrected chi connectivity index (χ4v) is 3.11. The molecule has 1 heterocycles. The first-order valence-corrected chi connectivity index (χ1v) is 8.56. The van der Waals surface area contributed by atoms with E-state index in [1.165, 1.54) is 30.2 Å². The number of hydrogen-bond donors (Lipinski definition) is 2. The van der Waals surface area contributed by atoms with Gasteiger partial charge in [-0.05, 0) is 61.8 Å². The SMILES string of the molecule is C=CCN1C(=O)/C(=C\c2cc(OC)c(O)c(Br)c2Br)C(=O)NC1=S. The third kappa shape index (κ3) is 3.38. The minimum Gasteiger partial charge on any atom is -0.503 e. The summed E-state index contributed by atoms with van der Waals surface area (Å²) in [7, 11) is 1.40. The van der Waals surface area contributed by atoms with Crippen molar-refractivity contribution in [2.45, 2.75) is 0 Å². The van der Waals surface area contributed by atoms with E-state index < -0.39 is 11.8 Å². The van der Waals surface area contributed by atoms with Crippen LogP contribution in [0.1, 0.15) is 5.56 Å². The first-order valence-electron chi connectivity index (χ1n) is 6.56. The number of amides is 2. The zero-order valence-electron chi connectivity index (χ0n) is 12.4. The fourth-order valence-electron chi connectivity index (χ4n) is 2.02. The molecule has 0 unspecified atom stereocenters. The molecule has 0 aromatic heterocycles. The second kappa shape index (κ2) is 7.45. The van der Waals surface area contributed by atoms with E-state index in [-0.39, 0.29) is 28.7 Å². The Labute approximate surface area is 160 Å². The Morgan fingerprint density at radius 1 is 1.42 bits per heavy atom. The lowest BCUT2D eigenvalue weighted by Gasteiger charge is -2.27.